The van der Waals surface area contributed by atoms with Crippen molar-refractivity contribution in [3.05, 3.63) is 0 Å². The van der Waals surface area contributed by atoms with Crippen LogP contribution >= 0.6 is 0 Å². The van der Waals surface area contributed by atoms with Crippen molar-refractivity contribution in [2.45, 2.75) is 44.6 Å². The van der Waals surface area contributed by atoms with Crippen molar-refractivity contribution in [2.24, 2.45) is 5.92 Å². The highest BCUT2D eigenvalue weighted by Gasteiger charge is 2.36. The highest BCUT2D eigenvalue weighted by atomic mass is 16.3. The SMILES string of the molecule is CC1CC(=O)N(CCC2(O)CCC2)C1. The van der Waals surface area contributed by atoms with Crippen LogP contribution in [0.25, 0.3) is 0 Å². The molecule has 0 aromatic carbocycles. The number of amides is 1. The molecular formula is C11H19NO2. The maximum atomic E-state index is 11.5. The molecule has 2 aliphatic rings. The lowest BCUT2D eigenvalue weighted by atomic mass is 9.78. The molecule has 0 aromatic rings. The molecule has 1 amide bonds. The van der Waals surface area contributed by atoms with Crippen molar-refractivity contribution in [1.82, 2.24) is 4.90 Å². The maximum absolute atomic E-state index is 11.5. The van der Waals surface area contributed by atoms with E-state index in [1.807, 2.05) is 4.90 Å². The lowest BCUT2D eigenvalue weighted by Crippen LogP contribution is -2.41. The minimum atomic E-state index is -0.438. The van der Waals surface area contributed by atoms with E-state index in [2.05, 4.69) is 6.92 Å². The number of carbonyl (C=O) groups is 1. The standard InChI is InChI=1S/C11H19NO2/c1-9-7-10(13)12(8-9)6-5-11(14)3-2-4-11/h9,14H,2-8H2,1H3. The number of rotatable bonds is 3. The van der Waals surface area contributed by atoms with Gasteiger partial charge in [-0.05, 0) is 31.6 Å². The zero-order valence-corrected chi connectivity index (χ0v) is 8.83. The van der Waals surface area contributed by atoms with Crippen molar-refractivity contribution in [2.75, 3.05) is 13.1 Å². The van der Waals surface area contributed by atoms with Crippen molar-refractivity contribution in [3.8, 4) is 0 Å². The molecule has 2 fully saturated rings. The van der Waals surface area contributed by atoms with E-state index in [0.29, 0.717) is 12.3 Å². The second-order valence-electron chi connectivity index (χ2n) is 4.98. The van der Waals surface area contributed by atoms with Crippen molar-refractivity contribution in [1.29, 1.82) is 0 Å². The molecule has 14 heavy (non-hydrogen) atoms. The van der Waals surface area contributed by atoms with Crippen LogP contribution in [0.4, 0.5) is 0 Å². The van der Waals surface area contributed by atoms with E-state index >= 15 is 0 Å². The van der Waals surface area contributed by atoms with Crippen LogP contribution in [0.3, 0.4) is 0 Å². The Bertz CT molecular complexity index is 235. The van der Waals surface area contributed by atoms with Crippen molar-refractivity contribution in [3.63, 3.8) is 0 Å². The van der Waals surface area contributed by atoms with Crippen LogP contribution in [-0.4, -0.2) is 34.6 Å². The topological polar surface area (TPSA) is 40.5 Å². The fourth-order valence-corrected chi connectivity index (χ4v) is 2.36. The summed E-state index contributed by atoms with van der Waals surface area (Å²) in [4.78, 5) is 13.4. The van der Waals surface area contributed by atoms with Gasteiger partial charge in [-0.1, -0.05) is 6.92 Å². The molecule has 1 atom stereocenters. The summed E-state index contributed by atoms with van der Waals surface area (Å²) < 4.78 is 0. The summed E-state index contributed by atoms with van der Waals surface area (Å²) in [5.74, 6) is 0.763. The van der Waals surface area contributed by atoms with Gasteiger partial charge in [-0.25, -0.2) is 0 Å². The first-order chi connectivity index (χ1) is 6.59. The molecule has 1 heterocycles. The van der Waals surface area contributed by atoms with Crippen LogP contribution in [0, 0.1) is 5.92 Å². The first-order valence-electron chi connectivity index (χ1n) is 5.59. The Morgan fingerprint density at radius 3 is 2.71 bits per heavy atom. The maximum Gasteiger partial charge on any atom is 0.222 e. The van der Waals surface area contributed by atoms with Gasteiger partial charge in [-0.3, -0.25) is 4.79 Å². The van der Waals surface area contributed by atoms with Crippen LogP contribution in [0.2, 0.25) is 0 Å². The van der Waals surface area contributed by atoms with Gasteiger partial charge in [-0.2, -0.15) is 0 Å². The normalized spacial score (nSPS) is 30.6. The molecule has 3 heteroatoms. The molecule has 80 valence electrons. The molecule has 1 saturated carbocycles. The molecule has 1 unspecified atom stereocenters. The summed E-state index contributed by atoms with van der Waals surface area (Å²) in [6.07, 6.45) is 4.44. The predicted octanol–water partition coefficient (Wildman–Crippen LogP) is 1.16. The molecular weight excluding hydrogens is 178 g/mol. The molecule has 0 bridgehead atoms. The minimum Gasteiger partial charge on any atom is -0.390 e. The van der Waals surface area contributed by atoms with E-state index in [9.17, 15) is 9.90 Å². The second kappa shape index (κ2) is 3.54. The summed E-state index contributed by atoms with van der Waals surface area (Å²) in [6, 6.07) is 0. The molecule has 1 N–H and O–H groups in total. The van der Waals surface area contributed by atoms with Gasteiger partial charge >= 0.3 is 0 Å². The average molecular weight is 197 g/mol. The third-order valence-electron chi connectivity index (χ3n) is 3.54. The van der Waals surface area contributed by atoms with E-state index in [-0.39, 0.29) is 5.91 Å². The molecule has 0 radical (unpaired) electrons. The fraction of sp³-hybridized carbons (Fsp3) is 0.909. The van der Waals surface area contributed by atoms with Gasteiger partial charge in [-0.15, -0.1) is 0 Å². The van der Waals surface area contributed by atoms with Gasteiger partial charge in [0.2, 0.25) is 5.91 Å². The number of nitrogens with zero attached hydrogens (tertiary/aromatic N) is 1. The molecule has 0 aromatic heterocycles. The molecule has 1 aliphatic carbocycles. The van der Waals surface area contributed by atoms with Crippen LogP contribution in [-0.2, 0) is 4.79 Å². The van der Waals surface area contributed by atoms with Crippen LogP contribution in [0.5, 0.6) is 0 Å². The lowest BCUT2D eigenvalue weighted by Gasteiger charge is -2.37. The minimum absolute atomic E-state index is 0.264. The Balaban J connectivity index is 1.78. The largest absolute Gasteiger partial charge is 0.390 e. The first kappa shape index (κ1) is 9.97. The molecule has 3 nitrogen and oxygen atoms in total. The van der Waals surface area contributed by atoms with Gasteiger partial charge in [0.15, 0.2) is 0 Å². The lowest BCUT2D eigenvalue weighted by molar-refractivity contribution is -0.128. The summed E-state index contributed by atoms with van der Waals surface area (Å²) in [5, 5.41) is 9.88. The van der Waals surface area contributed by atoms with Crippen LogP contribution < -0.4 is 0 Å². The Morgan fingerprint density at radius 2 is 2.29 bits per heavy atom. The zero-order valence-electron chi connectivity index (χ0n) is 8.83. The number of carbonyl (C=O) groups excluding carboxylic acids is 1. The number of hydrogen-bond acceptors (Lipinski definition) is 2. The smallest absolute Gasteiger partial charge is 0.222 e. The Kier molecular flexibility index (Phi) is 2.52. The van der Waals surface area contributed by atoms with Crippen LogP contribution in [0.1, 0.15) is 39.0 Å². The Labute approximate surface area is 85.1 Å². The van der Waals surface area contributed by atoms with Crippen LogP contribution in [0.15, 0.2) is 0 Å². The van der Waals surface area contributed by atoms with Crippen molar-refractivity contribution >= 4 is 5.91 Å². The molecule has 2 rings (SSSR count). The monoisotopic (exact) mass is 197 g/mol. The second-order valence-corrected chi connectivity index (χ2v) is 4.98. The van der Waals surface area contributed by atoms with E-state index in [0.717, 1.165) is 38.8 Å². The Morgan fingerprint density at radius 1 is 1.57 bits per heavy atom. The van der Waals surface area contributed by atoms with Gasteiger partial charge in [0.05, 0.1) is 5.60 Å². The summed E-state index contributed by atoms with van der Waals surface area (Å²) in [7, 11) is 0. The molecule has 1 saturated heterocycles. The van der Waals surface area contributed by atoms with Gasteiger partial charge in [0.25, 0.3) is 0 Å². The average Bonchev–Trinajstić information content (AvgIpc) is 2.38. The molecule has 0 spiro atoms. The third-order valence-corrected chi connectivity index (χ3v) is 3.54. The highest BCUT2D eigenvalue weighted by molar-refractivity contribution is 5.78. The highest BCUT2D eigenvalue weighted by Crippen LogP contribution is 2.35. The Hall–Kier alpha value is -0.570. The van der Waals surface area contributed by atoms with Crippen molar-refractivity contribution < 1.29 is 9.90 Å². The fourth-order valence-electron chi connectivity index (χ4n) is 2.36. The zero-order chi connectivity index (χ0) is 10.2. The number of aliphatic hydroxyl groups is 1. The number of likely N-dealkylation sites (tertiary alicyclic amines) is 1. The van der Waals surface area contributed by atoms with Gasteiger partial charge in [0.1, 0.15) is 0 Å². The van der Waals surface area contributed by atoms with E-state index in [1.165, 1.54) is 0 Å². The van der Waals surface area contributed by atoms with Gasteiger partial charge in [0, 0.05) is 19.5 Å². The molecule has 1 aliphatic heterocycles. The van der Waals surface area contributed by atoms with E-state index in [1.54, 1.807) is 0 Å². The summed E-state index contributed by atoms with van der Waals surface area (Å²) in [5.41, 5.74) is -0.438. The van der Waals surface area contributed by atoms with Gasteiger partial charge < -0.3 is 10.0 Å². The predicted molar refractivity (Wildman–Crippen MR) is 53.8 cm³/mol. The third kappa shape index (κ3) is 1.92. The first-order valence-corrected chi connectivity index (χ1v) is 5.59. The summed E-state index contributed by atoms with van der Waals surface area (Å²) >= 11 is 0. The van der Waals surface area contributed by atoms with E-state index in [4.69, 9.17) is 0 Å². The quantitative estimate of drug-likeness (QED) is 0.737. The summed E-state index contributed by atoms with van der Waals surface area (Å²) in [6.45, 7) is 3.74. The van der Waals surface area contributed by atoms with E-state index < -0.39 is 5.60 Å². The number of hydrogen-bond donors (Lipinski definition) is 1.